The Hall–Kier alpha value is -2.19. The topological polar surface area (TPSA) is 101 Å². The van der Waals surface area contributed by atoms with Gasteiger partial charge in [0.25, 0.3) is 5.91 Å². The van der Waals surface area contributed by atoms with E-state index in [1.165, 1.54) is 12.1 Å². The number of hydrogen-bond donors (Lipinski definition) is 2. The van der Waals surface area contributed by atoms with Gasteiger partial charge in [-0.05, 0) is 33.1 Å². The molecular weight excluding hydrogens is 350 g/mol. The Kier molecular flexibility index (Phi) is 6.28. The van der Waals surface area contributed by atoms with E-state index >= 15 is 0 Å². The van der Waals surface area contributed by atoms with Crippen LogP contribution in [0.1, 0.15) is 42.5 Å². The Morgan fingerprint density at radius 2 is 2.00 bits per heavy atom. The Balaban J connectivity index is 1.71. The van der Waals surface area contributed by atoms with Crippen molar-refractivity contribution in [3.63, 3.8) is 0 Å². The summed E-state index contributed by atoms with van der Waals surface area (Å²) in [6.45, 7) is 6.07. The van der Waals surface area contributed by atoms with Crippen LogP contribution in [0.2, 0.25) is 0 Å². The van der Waals surface area contributed by atoms with E-state index in [0.29, 0.717) is 38.5 Å². The highest BCUT2D eigenvalue weighted by Crippen LogP contribution is 2.26. The van der Waals surface area contributed by atoms with Gasteiger partial charge in [0.15, 0.2) is 11.2 Å². The van der Waals surface area contributed by atoms with E-state index < -0.39 is 5.91 Å². The molecule has 3 heterocycles. The van der Waals surface area contributed by atoms with Crippen LogP contribution in [0.15, 0.2) is 21.3 Å². The first-order chi connectivity index (χ1) is 13.0. The Morgan fingerprint density at radius 3 is 2.67 bits per heavy atom. The van der Waals surface area contributed by atoms with Gasteiger partial charge in [-0.15, -0.1) is 0 Å². The molecular formula is C19H27N3O5. The van der Waals surface area contributed by atoms with Crippen molar-refractivity contribution in [3.8, 4) is 0 Å². The van der Waals surface area contributed by atoms with Gasteiger partial charge in [0, 0.05) is 50.5 Å². The van der Waals surface area contributed by atoms with Crippen molar-refractivity contribution < 1.29 is 18.7 Å². The summed E-state index contributed by atoms with van der Waals surface area (Å²) in [5.74, 6) is -0.0470. The van der Waals surface area contributed by atoms with Crippen molar-refractivity contribution in [1.82, 2.24) is 15.5 Å². The lowest BCUT2D eigenvalue weighted by Gasteiger charge is -2.34. The number of aryl methyl sites for hydroxylation is 1. The molecule has 0 bridgehead atoms. The zero-order valence-corrected chi connectivity index (χ0v) is 15.8. The van der Waals surface area contributed by atoms with Crippen LogP contribution in [0.5, 0.6) is 0 Å². The van der Waals surface area contributed by atoms with E-state index in [9.17, 15) is 14.4 Å². The predicted molar refractivity (Wildman–Crippen MR) is 98.6 cm³/mol. The first-order valence-corrected chi connectivity index (χ1v) is 9.51. The van der Waals surface area contributed by atoms with Crippen molar-refractivity contribution in [3.05, 3.63) is 33.9 Å². The van der Waals surface area contributed by atoms with Crippen molar-refractivity contribution in [1.29, 1.82) is 0 Å². The van der Waals surface area contributed by atoms with Crippen molar-refractivity contribution >= 4 is 11.8 Å². The highest BCUT2D eigenvalue weighted by Gasteiger charge is 2.41. The minimum Gasteiger partial charge on any atom is -0.456 e. The lowest BCUT2D eigenvalue weighted by molar-refractivity contribution is -0.126. The number of likely N-dealkylation sites (tertiary alicyclic amines) is 1. The quantitative estimate of drug-likeness (QED) is 0.772. The smallest absolute Gasteiger partial charge is 0.287 e. The highest BCUT2D eigenvalue weighted by atomic mass is 16.5. The van der Waals surface area contributed by atoms with Crippen LogP contribution in [0.3, 0.4) is 0 Å². The van der Waals surface area contributed by atoms with E-state index in [4.69, 9.17) is 9.15 Å². The van der Waals surface area contributed by atoms with Gasteiger partial charge in [-0.25, -0.2) is 0 Å². The number of ether oxygens (including phenoxy) is 1. The predicted octanol–water partition coefficient (Wildman–Crippen LogP) is 0.436. The molecule has 8 nitrogen and oxygen atoms in total. The van der Waals surface area contributed by atoms with Gasteiger partial charge in [-0.1, -0.05) is 0 Å². The average molecular weight is 377 g/mol. The normalized spacial score (nSPS) is 23.9. The van der Waals surface area contributed by atoms with Gasteiger partial charge in [0.2, 0.25) is 5.91 Å². The molecule has 148 valence electrons. The average Bonchev–Trinajstić information content (AvgIpc) is 3.06. The standard InChI is InChI=1S/C19H27N3O5/c1-3-20-18(24)16-9-13(11-22(16)14-4-6-26-7-5-14)21-19(25)17-10-15(23)8-12(2)27-17/h8,10,13-14,16H,3-7,9,11H2,1-2H3,(H,20,24)(H,21,25)/t13-,16-/m0/s1. The summed E-state index contributed by atoms with van der Waals surface area (Å²) in [4.78, 5) is 38.8. The second-order valence-electron chi connectivity index (χ2n) is 7.12. The van der Waals surface area contributed by atoms with E-state index in [-0.39, 0.29) is 35.2 Å². The fourth-order valence-corrected chi connectivity index (χ4v) is 3.91. The summed E-state index contributed by atoms with van der Waals surface area (Å²) in [6, 6.07) is 2.34. The molecule has 0 saturated carbocycles. The number of amides is 2. The minimum absolute atomic E-state index is 0.000855. The zero-order valence-electron chi connectivity index (χ0n) is 15.8. The fraction of sp³-hybridized carbons (Fsp3) is 0.632. The number of rotatable bonds is 5. The third-order valence-corrected chi connectivity index (χ3v) is 5.10. The van der Waals surface area contributed by atoms with E-state index in [2.05, 4.69) is 15.5 Å². The van der Waals surface area contributed by atoms with Gasteiger partial charge in [0.1, 0.15) is 5.76 Å². The maximum atomic E-state index is 12.5. The monoisotopic (exact) mass is 377 g/mol. The molecule has 0 aromatic carbocycles. The number of hydrogen-bond acceptors (Lipinski definition) is 6. The van der Waals surface area contributed by atoms with Crippen LogP contribution in [-0.4, -0.2) is 61.1 Å². The van der Waals surface area contributed by atoms with E-state index in [1.54, 1.807) is 6.92 Å². The molecule has 1 aromatic rings. The number of nitrogens with zero attached hydrogens (tertiary/aromatic N) is 1. The van der Waals surface area contributed by atoms with Crippen LogP contribution in [0, 0.1) is 6.92 Å². The Morgan fingerprint density at radius 1 is 1.26 bits per heavy atom. The van der Waals surface area contributed by atoms with Crippen LogP contribution in [0.25, 0.3) is 0 Å². The van der Waals surface area contributed by atoms with E-state index in [0.717, 1.165) is 12.8 Å². The summed E-state index contributed by atoms with van der Waals surface area (Å²) in [5, 5.41) is 5.81. The number of carbonyl (C=O) groups excluding carboxylic acids is 2. The number of likely N-dealkylation sites (N-methyl/N-ethyl adjacent to an activating group) is 1. The van der Waals surface area contributed by atoms with Crippen molar-refractivity contribution in [2.24, 2.45) is 0 Å². The molecule has 1 aromatic heterocycles. The van der Waals surface area contributed by atoms with Crippen LogP contribution in [-0.2, 0) is 9.53 Å². The van der Waals surface area contributed by atoms with Gasteiger partial charge >= 0.3 is 0 Å². The lowest BCUT2D eigenvalue weighted by atomic mass is 10.1. The van der Waals surface area contributed by atoms with Gasteiger partial charge in [0.05, 0.1) is 6.04 Å². The molecule has 0 radical (unpaired) electrons. The van der Waals surface area contributed by atoms with Crippen molar-refractivity contribution in [2.75, 3.05) is 26.3 Å². The highest BCUT2D eigenvalue weighted by molar-refractivity contribution is 5.91. The third-order valence-electron chi connectivity index (χ3n) is 5.10. The first kappa shape index (κ1) is 19.6. The Labute approximate surface area is 158 Å². The Bertz CT molecular complexity index is 741. The van der Waals surface area contributed by atoms with Gasteiger partial charge in [-0.3, -0.25) is 19.3 Å². The molecule has 2 atom stereocenters. The molecule has 2 N–H and O–H groups in total. The molecule has 3 rings (SSSR count). The SMILES string of the molecule is CCNC(=O)[C@@H]1C[C@H](NC(=O)c2cc(=O)cc(C)o2)CN1C1CCOCC1. The summed E-state index contributed by atoms with van der Waals surface area (Å²) in [5.41, 5.74) is -0.264. The molecule has 0 unspecified atom stereocenters. The maximum Gasteiger partial charge on any atom is 0.287 e. The van der Waals surface area contributed by atoms with Gasteiger partial charge < -0.3 is 19.8 Å². The second-order valence-corrected chi connectivity index (χ2v) is 7.12. The van der Waals surface area contributed by atoms with Crippen LogP contribution >= 0.6 is 0 Å². The number of nitrogens with one attached hydrogen (secondary N) is 2. The van der Waals surface area contributed by atoms with Crippen LogP contribution in [0.4, 0.5) is 0 Å². The third kappa shape index (κ3) is 4.75. The molecule has 2 amide bonds. The summed E-state index contributed by atoms with van der Waals surface area (Å²) in [6.07, 6.45) is 2.29. The second kappa shape index (κ2) is 8.67. The molecule has 8 heteroatoms. The molecule has 2 aliphatic heterocycles. The van der Waals surface area contributed by atoms with E-state index in [1.807, 2.05) is 6.92 Å². The minimum atomic E-state index is -0.427. The number of carbonyl (C=O) groups is 2. The molecule has 2 aliphatic rings. The van der Waals surface area contributed by atoms with Crippen LogP contribution < -0.4 is 16.1 Å². The lowest BCUT2D eigenvalue weighted by Crippen LogP contribution is -2.49. The maximum absolute atomic E-state index is 12.5. The largest absolute Gasteiger partial charge is 0.456 e. The molecule has 2 saturated heterocycles. The first-order valence-electron chi connectivity index (χ1n) is 9.51. The summed E-state index contributed by atoms with van der Waals surface area (Å²) in [7, 11) is 0. The molecule has 27 heavy (non-hydrogen) atoms. The van der Waals surface area contributed by atoms with Gasteiger partial charge in [-0.2, -0.15) is 0 Å². The fourth-order valence-electron chi connectivity index (χ4n) is 3.91. The molecule has 0 aliphatic carbocycles. The molecule has 2 fully saturated rings. The zero-order chi connectivity index (χ0) is 19.4. The summed E-state index contributed by atoms with van der Waals surface area (Å²) >= 11 is 0. The molecule has 0 spiro atoms. The van der Waals surface area contributed by atoms with Crippen molar-refractivity contribution in [2.45, 2.75) is 51.2 Å². The summed E-state index contributed by atoms with van der Waals surface area (Å²) < 4.78 is 10.8.